The second-order valence-corrected chi connectivity index (χ2v) is 10.5. The minimum atomic E-state index is -1.55. The van der Waals surface area contributed by atoms with E-state index >= 15 is 0 Å². The molecule has 8 nitrogen and oxygen atoms in total. The number of halogens is 1. The zero-order chi connectivity index (χ0) is 27.1. The van der Waals surface area contributed by atoms with Gasteiger partial charge in [0.05, 0.1) is 35.4 Å². The first kappa shape index (κ1) is 23.1. The molecule has 37 heavy (non-hydrogen) atoms. The highest BCUT2D eigenvalue weighted by atomic mass is 19.1. The van der Waals surface area contributed by atoms with Crippen LogP contribution in [0.5, 0.6) is 0 Å². The van der Waals surface area contributed by atoms with Gasteiger partial charge in [-0.1, -0.05) is 32.9 Å². The molecule has 0 bridgehead atoms. The second kappa shape index (κ2) is 9.61. The van der Waals surface area contributed by atoms with E-state index in [-0.39, 0.29) is 5.41 Å². The Morgan fingerprint density at radius 1 is 1.19 bits per heavy atom. The molecule has 0 unspecified atom stereocenters. The van der Waals surface area contributed by atoms with Gasteiger partial charge in [-0.05, 0) is 48.1 Å². The standard InChI is InChI=1S/C28H29FN8/c1-28(2,3)16-33-26-19(13-31)14-32-25-18(12-30)10-21(11-23(25)26)34-27(17-4-6-20(29)7-5-17)24-15-37(36-35-24)22-8-9-22/h4-7,10-11,14-15,22,27,34-36H,8-9,16H2,1-3H3,(H,32,33)/t27-/m1/s1/i27D. The summed E-state index contributed by atoms with van der Waals surface area (Å²) in [5.74, 6) is -0.399. The average Bonchev–Trinajstić information content (AvgIpc) is 3.62. The predicted molar refractivity (Wildman–Crippen MR) is 141 cm³/mol. The van der Waals surface area contributed by atoms with Crippen molar-refractivity contribution in [1.82, 2.24) is 21.0 Å². The van der Waals surface area contributed by atoms with E-state index in [1.54, 1.807) is 24.3 Å². The monoisotopic (exact) mass is 497 g/mol. The van der Waals surface area contributed by atoms with Crippen LogP contribution in [0.15, 0.2) is 54.5 Å². The lowest BCUT2D eigenvalue weighted by Crippen LogP contribution is -2.38. The number of nitrogens with one attached hydrogen (secondary N) is 4. The summed E-state index contributed by atoms with van der Waals surface area (Å²) < 4.78 is 23.3. The normalized spacial score (nSPS) is 17.2. The van der Waals surface area contributed by atoms with Crippen LogP contribution >= 0.6 is 0 Å². The SMILES string of the molecule is [2H][C@](Nc1cc(C#N)c2ncc(C#N)c(NCC(C)(C)C)c2c1)(C1=CN(C2CC2)NN1)c1ccc(F)cc1. The fourth-order valence-electron chi connectivity index (χ4n) is 4.15. The maximum absolute atomic E-state index is 13.8. The highest BCUT2D eigenvalue weighted by Gasteiger charge is 2.32. The molecule has 1 aromatic heterocycles. The van der Waals surface area contributed by atoms with Crippen molar-refractivity contribution in [2.75, 3.05) is 17.2 Å². The number of pyridine rings is 1. The molecule has 1 aliphatic carbocycles. The van der Waals surface area contributed by atoms with Crippen LogP contribution in [0.1, 0.15) is 57.7 Å². The van der Waals surface area contributed by atoms with Crippen molar-refractivity contribution in [2.24, 2.45) is 5.41 Å². The minimum absolute atomic E-state index is 0.0593. The number of anilines is 2. The van der Waals surface area contributed by atoms with E-state index < -0.39 is 11.8 Å². The van der Waals surface area contributed by atoms with Gasteiger partial charge in [-0.15, -0.1) is 5.53 Å². The molecule has 0 spiro atoms. The van der Waals surface area contributed by atoms with Crippen LogP contribution in [0, 0.1) is 33.9 Å². The second-order valence-electron chi connectivity index (χ2n) is 10.5. The average molecular weight is 498 g/mol. The zero-order valence-electron chi connectivity index (χ0n) is 22.0. The largest absolute Gasteiger partial charge is 0.383 e. The fourth-order valence-corrected chi connectivity index (χ4v) is 4.15. The first-order chi connectivity index (χ1) is 18.1. The molecule has 1 aliphatic heterocycles. The van der Waals surface area contributed by atoms with Crippen molar-refractivity contribution in [1.29, 1.82) is 10.5 Å². The smallest absolute Gasteiger partial charge is 0.123 e. The van der Waals surface area contributed by atoms with E-state index in [0.717, 1.165) is 12.8 Å². The van der Waals surface area contributed by atoms with Gasteiger partial charge >= 0.3 is 0 Å². The van der Waals surface area contributed by atoms with Crippen LogP contribution < -0.4 is 21.6 Å². The quantitative estimate of drug-likeness (QED) is 0.359. The Hall–Kier alpha value is -4.34. The van der Waals surface area contributed by atoms with Crippen LogP contribution in [0.2, 0.25) is 0 Å². The molecule has 2 aliphatic rings. The number of hydrazine groups is 2. The van der Waals surface area contributed by atoms with Crippen molar-refractivity contribution in [2.45, 2.75) is 45.7 Å². The third-order valence-corrected chi connectivity index (χ3v) is 6.21. The molecule has 0 radical (unpaired) electrons. The maximum atomic E-state index is 13.8. The Balaban J connectivity index is 1.63. The number of nitriles is 2. The lowest BCUT2D eigenvalue weighted by Gasteiger charge is -2.23. The first-order valence-electron chi connectivity index (χ1n) is 12.7. The van der Waals surface area contributed by atoms with E-state index in [4.69, 9.17) is 0 Å². The maximum Gasteiger partial charge on any atom is 0.123 e. The van der Waals surface area contributed by atoms with Gasteiger partial charge in [0.2, 0.25) is 0 Å². The van der Waals surface area contributed by atoms with Gasteiger partial charge < -0.3 is 16.1 Å². The van der Waals surface area contributed by atoms with Crippen molar-refractivity contribution >= 4 is 22.3 Å². The molecular formula is C28H29FN8. The summed E-state index contributed by atoms with van der Waals surface area (Å²) in [6.07, 6.45) is 5.43. The van der Waals surface area contributed by atoms with E-state index in [2.05, 4.69) is 59.5 Å². The molecule has 4 N–H and O–H groups in total. The molecular weight excluding hydrogens is 467 g/mol. The third-order valence-electron chi connectivity index (χ3n) is 6.21. The number of rotatable bonds is 7. The first-order valence-corrected chi connectivity index (χ1v) is 12.2. The molecule has 2 heterocycles. The third kappa shape index (κ3) is 5.28. The Morgan fingerprint density at radius 3 is 2.57 bits per heavy atom. The summed E-state index contributed by atoms with van der Waals surface area (Å²) in [5.41, 5.74) is 9.36. The van der Waals surface area contributed by atoms with Gasteiger partial charge in [0.1, 0.15) is 18.0 Å². The topological polar surface area (TPSA) is 112 Å². The summed E-state index contributed by atoms with van der Waals surface area (Å²) in [7, 11) is 0. The Bertz CT molecular complexity index is 1490. The molecule has 9 heteroatoms. The molecule has 1 fully saturated rings. The summed E-state index contributed by atoms with van der Waals surface area (Å²) in [6, 6.07) is 12.4. The predicted octanol–water partition coefficient (Wildman–Crippen LogP) is 5.06. The van der Waals surface area contributed by atoms with E-state index in [1.807, 2.05) is 11.2 Å². The summed E-state index contributed by atoms with van der Waals surface area (Å²) in [6.45, 7) is 6.85. The number of nitrogens with zero attached hydrogens (tertiary/aromatic N) is 4. The molecule has 0 saturated heterocycles. The summed E-state index contributed by atoms with van der Waals surface area (Å²) in [5, 5.41) is 28.9. The molecule has 2 aromatic carbocycles. The molecule has 188 valence electrons. The molecule has 5 rings (SSSR count). The number of aromatic nitrogens is 1. The van der Waals surface area contributed by atoms with Gasteiger partial charge in [-0.2, -0.15) is 10.5 Å². The van der Waals surface area contributed by atoms with Gasteiger partial charge in [-0.25, -0.2) is 4.39 Å². The van der Waals surface area contributed by atoms with Crippen molar-refractivity contribution in [3.63, 3.8) is 0 Å². The van der Waals surface area contributed by atoms with Crippen molar-refractivity contribution in [3.8, 4) is 12.1 Å². The van der Waals surface area contributed by atoms with Crippen LogP contribution in [-0.2, 0) is 0 Å². The van der Waals surface area contributed by atoms with Crippen LogP contribution in [0.25, 0.3) is 10.9 Å². The van der Waals surface area contributed by atoms with E-state index in [0.29, 0.717) is 57.3 Å². The minimum Gasteiger partial charge on any atom is -0.383 e. The fraction of sp³-hybridized carbons (Fsp3) is 0.321. The molecule has 1 atom stereocenters. The number of benzene rings is 2. The van der Waals surface area contributed by atoms with Gasteiger partial charge in [0, 0.05) is 36.1 Å². The summed E-state index contributed by atoms with van der Waals surface area (Å²) in [4.78, 5) is 4.41. The van der Waals surface area contributed by atoms with Crippen LogP contribution in [0.3, 0.4) is 0 Å². The highest BCUT2D eigenvalue weighted by Crippen LogP contribution is 2.35. The number of hydrogen-bond donors (Lipinski definition) is 4. The van der Waals surface area contributed by atoms with Crippen molar-refractivity contribution < 1.29 is 5.76 Å². The van der Waals surface area contributed by atoms with Gasteiger partial charge in [0.25, 0.3) is 0 Å². The molecule has 0 amide bonds. The van der Waals surface area contributed by atoms with Crippen LogP contribution in [0.4, 0.5) is 15.8 Å². The lowest BCUT2D eigenvalue weighted by atomic mass is 9.96. The number of fused-ring (bicyclic) bond motifs is 1. The zero-order valence-corrected chi connectivity index (χ0v) is 21.0. The van der Waals surface area contributed by atoms with Crippen molar-refractivity contribution in [3.05, 3.63) is 77.0 Å². The Kier molecular flexibility index (Phi) is 5.99. The van der Waals surface area contributed by atoms with Gasteiger partial charge in [0.15, 0.2) is 0 Å². The van der Waals surface area contributed by atoms with Crippen LogP contribution in [-0.4, -0.2) is 22.6 Å². The Morgan fingerprint density at radius 2 is 1.92 bits per heavy atom. The Labute approximate surface area is 217 Å². The molecule has 1 saturated carbocycles. The summed E-state index contributed by atoms with van der Waals surface area (Å²) >= 11 is 0. The van der Waals surface area contributed by atoms with Gasteiger partial charge in [-0.3, -0.25) is 9.99 Å². The van der Waals surface area contributed by atoms with E-state index in [9.17, 15) is 16.3 Å². The lowest BCUT2D eigenvalue weighted by molar-refractivity contribution is 0.260. The van der Waals surface area contributed by atoms with E-state index in [1.165, 1.54) is 18.3 Å². The highest BCUT2D eigenvalue weighted by molar-refractivity contribution is 5.99. The molecule has 3 aromatic rings. The number of hydrogen-bond acceptors (Lipinski definition) is 8.